The lowest BCUT2D eigenvalue weighted by Gasteiger charge is -2.54. The van der Waals surface area contributed by atoms with Crippen LogP contribution in [0.3, 0.4) is 0 Å². The zero-order valence-corrected chi connectivity index (χ0v) is 14.2. The van der Waals surface area contributed by atoms with Gasteiger partial charge in [0.15, 0.2) is 0 Å². The van der Waals surface area contributed by atoms with E-state index in [2.05, 4.69) is 19.2 Å². The van der Waals surface area contributed by atoms with Crippen molar-refractivity contribution in [2.75, 3.05) is 13.2 Å². The Morgan fingerprint density at radius 3 is 2.48 bits per heavy atom. The quantitative estimate of drug-likeness (QED) is 0.777. The van der Waals surface area contributed by atoms with Gasteiger partial charge in [-0.3, -0.25) is 0 Å². The van der Waals surface area contributed by atoms with Gasteiger partial charge in [0.05, 0.1) is 6.10 Å². The average molecular weight is 293 g/mol. The molecular weight excluding hydrogens is 258 g/mol. The monoisotopic (exact) mass is 293 g/mol. The lowest BCUT2D eigenvalue weighted by Crippen LogP contribution is -2.62. The maximum absolute atomic E-state index is 6.01. The predicted octanol–water partition coefficient (Wildman–Crippen LogP) is 4.53. The van der Waals surface area contributed by atoms with Gasteiger partial charge in [-0.15, -0.1) is 0 Å². The summed E-state index contributed by atoms with van der Waals surface area (Å²) in [7, 11) is 0. The van der Waals surface area contributed by atoms with Gasteiger partial charge in [-0.05, 0) is 51.0 Å². The van der Waals surface area contributed by atoms with Gasteiger partial charge in [0, 0.05) is 18.1 Å². The van der Waals surface area contributed by atoms with Crippen molar-refractivity contribution in [1.29, 1.82) is 0 Å². The van der Waals surface area contributed by atoms with E-state index in [4.69, 9.17) is 4.74 Å². The summed E-state index contributed by atoms with van der Waals surface area (Å²) in [6.07, 6.45) is 14.7. The van der Waals surface area contributed by atoms with E-state index in [1.54, 1.807) is 0 Å². The topological polar surface area (TPSA) is 21.3 Å². The Hall–Kier alpha value is -0.0800. The number of nitrogens with one attached hydrogen (secondary N) is 1. The zero-order chi connectivity index (χ0) is 14.7. The molecule has 1 N–H and O–H groups in total. The largest absolute Gasteiger partial charge is 0.378 e. The van der Waals surface area contributed by atoms with Crippen LogP contribution in [0.1, 0.15) is 78.1 Å². The molecule has 0 aromatic rings. The van der Waals surface area contributed by atoms with E-state index in [1.807, 2.05) is 0 Å². The number of hydrogen-bond donors (Lipinski definition) is 1. The van der Waals surface area contributed by atoms with Gasteiger partial charge in [-0.25, -0.2) is 0 Å². The van der Waals surface area contributed by atoms with E-state index >= 15 is 0 Å². The smallest absolute Gasteiger partial charge is 0.0661 e. The van der Waals surface area contributed by atoms with Crippen LogP contribution < -0.4 is 5.32 Å². The summed E-state index contributed by atoms with van der Waals surface area (Å²) in [5, 5.41) is 3.92. The van der Waals surface area contributed by atoms with E-state index in [0.717, 1.165) is 24.5 Å². The van der Waals surface area contributed by atoms with Crippen molar-refractivity contribution in [2.45, 2.75) is 90.2 Å². The summed E-state index contributed by atoms with van der Waals surface area (Å²) in [6, 6.07) is 0.749. The molecule has 0 amide bonds. The second kappa shape index (κ2) is 7.00. The highest BCUT2D eigenvalue weighted by atomic mass is 16.5. The molecule has 21 heavy (non-hydrogen) atoms. The SMILES string of the molecule is CCOC1CC(NCCC2CCC(C)CC2)C12CCCC2. The Balaban J connectivity index is 1.41. The molecular formula is C19H35NO. The summed E-state index contributed by atoms with van der Waals surface area (Å²) in [5.41, 5.74) is 0.511. The van der Waals surface area contributed by atoms with Gasteiger partial charge in [-0.2, -0.15) is 0 Å². The molecule has 2 heteroatoms. The molecule has 0 aromatic carbocycles. The first-order valence-corrected chi connectivity index (χ1v) is 9.59. The fourth-order valence-electron chi connectivity index (χ4n) is 5.25. The molecule has 3 aliphatic carbocycles. The first-order valence-electron chi connectivity index (χ1n) is 9.59. The molecule has 3 rings (SSSR count). The van der Waals surface area contributed by atoms with Crippen LogP contribution in [0.15, 0.2) is 0 Å². The molecule has 3 fully saturated rings. The molecule has 0 heterocycles. The highest BCUT2D eigenvalue weighted by Crippen LogP contribution is 2.54. The summed E-state index contributed by atoms with van der Waals surface area (Å²) in [4.78, 5) is 0. The van der Waals surface area contributed by atoms with Crippen LogP contribution in [0.25, 0.3) is 0 Å². The maximum atomic E-state index is 6.01. The third-order valence-electron chi connectivity index (χ3n) is 6.77. The van der Waals surface area contributed by atoms with Crippen LogP contribution in [-0.2, 0) is 4.74 Å². The van der Waals surface area contributed by atoms with Crippen LogP contribution in [-0.4, -0.2) is 25.3 Å². The Morgan fingerprint density at radius 2 is 1.81 bits per heavy atom. The second-order valence-electron chi connectivity index (χ2n) is 8.04. The fourth-order valence-corrected chi connectivity index (χ4v) is 5.25. The van der Waals surface area contributed by atoms with Gasteiger partial charge in [0.2, 0.25) is 0 Å². The van der Waals surface area contributed by atoms with Crippen molar-refractivity contribution in [1.82, 2.24) is 5.32 Å². The Bertz CT molecular complexity index is 316. The van der Waals surface area contributed by atoms with Crippen molar-refractivity contribution in [3.05, 3.63) is 0 Å². The van der Waals surface area contributed by atoms with Crippen molar-refractivity contribution in [3.8, 4) is 0 Å². The van der Waals surface area contributed by atoms with Crippen LogP contribution in [0, 0.1) is 17.3 Å². The molecule has 0 bridgehead atoms. The molecule has 1 spiro atoms. The minimum absolute atomic E-state index is 0.511. The molecule has 0 saturated heterocycles. The summed E-state index contributed by atoms with van der Waals surface area (Å²) in [5.74, 6) is 1.98. The van der Waals surface area contributed by atoms with Crippen LogP contribution in [0.4, 0.5) is 0 Å². The van der Waals surface area contributed by atoms with Gasteiger partial charge in [-0.1, -0.05) is 45.4 Å². The number of ether oxygens (including phenoxy) is 1. The lowest BCUT2D eigenvalue weighted by molar-refractivity contribution is -0.130. The van der Waals surface area contributed by atoms with Crippen molar-refractivity contribution < 1.29 is 4.74 Å². The minimum atomic E-state index is 0.511. The standard InChI is InChI=1S/C19H35NO/c1-3-21-18-14-17(19(18)11-4-5-12-19)20-13-10-16-8-6-15(2)7-9-16/h15-18,20H,3-14H2,1-2H3. The van der Waals surface area contributed by atoms with Gasteiger partial charge < -0.3 is 10.1 Å². The number of rotatable bonds is 6. The fraction of sp³-hybridized carbons (Fsp3) is 1.00. The molecule has 0 aromatic heterocycles. The van der Waals surface area contributed by atoms with Gasteiger partial charge >= 0.3 is 0 Å². The first-order chi connectivity index (χ1) is 10.2. The average Bonchev–Trinajstić information content (AvgIpc) is 3.00. The Morgan fingerprint density at radius 1 is 1.10 bits per heavy atom. The molecule has 3 saturated carbocycles. The van der Waals surface area contributed by atoms with Crippen LogP contribution >= 0.6 is 0 Å². The van der Waals surface area contributed by atoms with Gasteiger partial charge in [0.1, 0.15) is 0 Å². The highest BCUT2D eigenvalue weighted by molar-refractivity contribution is 5.09. The van der Waals surface area contributed by atoms with Crippen molar-refractivity contribution in [3.63, 3.8) is 0 Å². The lowest BCUT2D eigenvalue weighted by atomic mass is 9.60. The minimum Gasteiger partial charge on any atom is -0.378 e. The molecule has 2 nitrogen and oxygen atoms in total. The molecule has 2 unspecified atom stereocenters. The van der Waals surface area contributed by atoms with Crippen LogP contribution in [0.5, 0.6) is 0 Å². The number of hydrogen-bond acceptors (Lipinski definition) is 2. The van der Waals surface area contributed by atoms with Crippen molar-refractivity contribution >= 4 is 0 Å². The van der Waals surface area contributed by atoms with E-state index in [1.165, 1.54) is 70.8 Å². The first kappa shape index (κ1) is 15.8. The normalized spacial score (nSPS) is 38.6. The molecule has 122 valence electrons. The molecule has 3 aliphatic rings. The van der Waals surface area contributed by atoms with E-state index in [9.17, 15) is 0 Å². The van der Waals surface area contributed by atoms with Crippen LogP contribution in [0.2, 0.25) is 0 Å². The van der Waals surface area contributed by atoms with E-state index < -0.39 is 0 Å². The third kappa shape index (κ3) is 3.32. The van der Waals surface area contributed by atoms with Gasteiger partial charge in [0.25, 0.3) is 0 Å². The second-order valence-corrected chi connectivity index (χ2v) is 8.04. The zero-order valence-electron chi connectivity index (χ0n) is 14.2. The molecule has 0 aliphatic heterocycles. The van der Waals surface area contributed by atoms with E-state index in [0.29, 0.717) is 11.5 Å². The summed E-state index contributed by atoms with van der Waals surface area (Å²) < 4.78 is 6.01. The Labute approximate surface area is 131 Å². The molecule has 2 atom stereocenters. The maximum Gasteiger partial charge on any atom is 0.0661 e. The van der Waals surface area contributed by atoms with Crippen molar-refractivity contribution in [2.24, 2.45) is 17.3 Å². The molecule has 0 radical (unpaired) electrons. The summed E-state index contributed by atoms with van der Waals surface area (Å²) in [6.45, 7) is 6.69. The summed E-state index contributed by atoms with van der Waals surface area (Å²) >= 11 is 0. The van der Waals surface area contributed by atoms with E-state index in [-0.39, 0.29) is 0 Å². The highest BCUT2D eigenvalue weighted by Gasteiger charge is 2.56. The third-order valence-corrected chi connectivity index (χ3v) is 6.77. The predicted molar refractivity (Wildman–Crippen MR) is 88.5 cm³/mol. The Kier molecular flexibility index (Phi) is 5.27.